The normalized spacial score (nSPS) is 11.2. The molecule has 0 aliphatic rings. The summed E-state index contributed by atoms with van der Waals surface area (Å²) in [6.45, 7) is -1.20. The summed E-state index contributed by atoms with van der Waals surface area (Å²) in [7, 11) is 0. The highest BCUT2D eigenvalue weighted by Gasteiger charge is 2.17. The fraction of sp³-hybridized carbons (Fsp3) is 0.188. The van der Waals surface area contributed by atoms with Crippen LogP contribution in [0.5, 0.6) is 5.75 Å². The molecule has 2 heterocycles. The molecule has 0 bridgehead atoms. The van der Waals surface area contributed by atoms with Crippen molar-refractivity contribution in [1.82, 2.24) is 14.6 Å². The number of carbonyl (C=O) groups is 1. The minimum Gasteiger partial charge on any atom is -0.434 e. The molecular weight excluding hydrogens is 336 g/mol. The van der Waals surface area contributed by atoms with Crippen molar-refractivity contribution in [2.75, 3.05) is 5.75 Å². The van der Waals surface area contributed by atoms with Crippen molar-refractivity contribution in [3.63, 3.8) is 0 Å². The lowest BCUT2D eigenvalue weighted by atomic mass is 10.1. The molecule has 0 atom stereocenters. The van der Waals surface area contributed by atoms with Crippen LogP contribution in [0.15, 0.2) is 47.8 Å². The number of hydrogen-bond donors (Lipinski definition) is 0. The molecule has 0 N–H and O–H groups in total. The number of halogens is 2. The fourth-order valence-electron chi connectivity index (χ4n) is 2.19. The third kappa shape index (κ3) is 3.53. The van der Waals surface area contributed by atoms with Gasteiger partial charge in [0.1, 0.15) is 5.75 Å². The van der Waals surface area contributed by atoms with Crippen LogP contribution in [0.2, 0.25) is 0 Å². The lowest BCUT2D eigenvalue weighted by Crippen LogP contribution is -2.10. The van der Waals surface area contributed by atoms with Gasteiger partial charge in [-0.25, -0.2) is 0 Å². The summed E-state index contributed by atoms with van der Waals surface area (Å²) < 4.78 is 31.2. The summed E-state index contributed by atoms with van der Waals surface area (Å²) in [4.78, 5) is 12.4. The Labute approximate surface area is 140 Å². The molecule has 3 aromatic rings. The van der Waals surface area contributed by atoms with Gasteiger partial charge in [-0.1, -0.05) is 29.5 Å². The topological polar surface area (TPSA) is 56.5 Å². The number of hydrogen-bond acceptors (Lipinski definition) is 5. The van der Waals surface area contributed by atoms with E-state index in [1.165, 1.54) is 17.8 Å². The van der Waals surface area contributed by atoms with Gasteiger partial charge < -0.3 is 4.74 Å². The van der Waals surface area contributed by atoms with Gasteiger partial charge >= 0.3 is 6.61 Å². The van der Waals surface area contributed by atoms with Crippen LogP contribution in [0.25, 0.3) is 5.65 Å². The molecule has 0 saturated heterocycles. The van der Waals surface area contributed by atoms with Gasteiger partial charge in [-0.15, -0.1) is 10.2 Å². The first-order valence-electron chi connectivity index (χ1n) is 7.06. The smallest absolute Gasteiger partial charge is 0.387 e. The van der Waals surface area contributed by atoms with Crippen LogP contribution < -0.4 is 4.74 Å². The Morgan fingerprint density at radius 2 is 2.12 bits per heavy atom. The van der Waals surface area contributed by atoms with Crippen molar-refractivity contribution >= 4 is 23.2 Å². The number of aryl methyl sites for hydroxylation is 1. The quantitative estimate of drug-likeness (QED) is 0.503. The molecular formula is C16H13F2N3O2S. The third-order valence-electron chi connectivity index (χ3n) is 3.27. The number of ketones is 1. The van der Waals surface area contributed by atoms with Crippen molar-refractivity contribution in [3.05, 3.63) is 53.7 Å². The van der Waals surface area contributed by atoms with E-state index < -0.39 is 6.61 Å². The number of pyridine rings is 1. The van der Waals surface area contributed by atoms with Gasteiger partial charge in [-0.05, 0) is 31.2 Å². The van der Waals surface area contributed by atoms with Crippen molar-refractivity contribution in [3.8, 4) is 5.75 Å². The molecule has 0 saturated carbocycles. The van der Waals surface area contributed by atoms with E-state index >= 15 is 0 Å². The first-order valence-corrected chi connectivity index (χ1v) is 8.04. The number of rotatable bonds is 6. The second-order valence-electron chi connectivity index (χ2n) is 5.00. The zero-order chi connectivity index (χ0) is 17.1. The Morgan fingerprint density at radius 3 is 2.92 bits per heavy atom. The van der Waals surface area contributed by atoms with Gasteiger partial charge in [-0.3, -0.25) is 9.20 Å². The molecule has 0 aliphatic carbocycles. The Morgan fingerprint density at radius 1 is 1.29 bits per heavy atom. The molecule has 0 aliphatic heterocycles. The van der Waals surface area contributed by atoms with E-state index in [9.17, 15) is 13.6 Å². The number of fused-ring (bicyclic) bond motifs is 1. The maximum Gasteiger partial charge on any atom is 0.387 e. The lowest BCUT2D eigenvalue weighted by Gasteiger charge is -2.10. The minimum absolute atomic E-state index is 0.0404. The Balaban J connectivity index is 1.79. The van der Waals surface area contributed by atoms with E-state index in [1.54, 1.807) is 35.7 Å². The summed E-state index contributed by atoms with van der Waals surface area (Å²) in [6.07, 6.45) is 1.79. The first-order chi connectivity index (χ1) is 11.5. The fourth-order valence-corrected chi connectivity index (χ4v) is 2.99. The summed E-state index contributed by atoms with van der Waals surface area (Å²) in [5, 5.41) is 8.58. The summed E-state index contributed by atoms with van der Waals surface area (Å²) >= 11 is 1.19. The van der Waals surface area contributed by atoms with E-state index in [-0.39, 0.29) is 22.8 Å². The van der Waals surface area contributed by atoms with Gasteiger partial charge in [0.15, 0.2) is 16.6 Å². The molecule has 0 amide bonds. The summed E-state index contributed by atoms with van der Waals surface area (Å²) in [6, 6.07) is 10.0. The maximum atomic E-state index is 12.5. The van der Waals surface area contributed by atoms with Gasteiger partial charge in [0.25, 0.3) is 0 Å². The molecule has 2 aromatic heterocycles. The molecule has 124 valence electrons. The summed E-state index contributed by atoms with van der Waals surface area (Å²) in [5.41, 5.74) is 1.60. The van der Waals surface area contributed by atoms with Crippen LogP contribution in [0, 0.1) is 6.92 Å². The first kappa shape index (κ1) is 16.4. The second kappa shape index (κ2) is 6.96. The van der Waals surface area contributed by atoms with Gasteiger partial charge in [0, 0.05) is 6.20 Å². The number of carbonyl (C=O) groups excluding carboxylic acids is 1. The molecule has 0 spiro atoms. The predicted molar refractivity (Wildman–Crippen MR) is 85.9 cm³/mol. The second-order valence-corrected chi connectivity index (χ2v) is 5.94. The third-order valence-corrected chi connectivity index (χ3v) is 4.21. The predicted octanol–water partition coefficient (Wildman–Crippen LogP) is 3.61. The zero-order valence-electron chi connectivity index (χ0n) is 12.6. The zero-order valence-corrected chi connectivity index (χ0v) is 13.5. The largest absolute Gasteiger partial charge is 0.434 e. The van der Waals surface area contributed by atoms with Crippen LogP contribution in [0.1, 0.15) is 15.9 Å². The van der Waals surface area contributed by atoms with Gasteiger partial charge in [0.05, 0.1) is 11.3 Å². The summed E-state index contributed by atoms with van der Waals surface area (Å²) in [5.74, 6) is -0.391. The van der Waals surface area contributed by atoms with E-state index in [0.717, 1.165) is 5.56 Å². The molecule has 5 nitrogen and oxygen atoms in total. The molecule has 3 rings (SSSR count). The van der Waals surface area contributed by atoms with Crippen LogP contribution in [-0.2, 0) is 0 Å². The number of alkyl halides is 2. The highest BCUT2D eigenvalue weighted by molar-refractivity contribution is 7.99. The number of nitrogens with zero attached hydrogens (tertiary/aromatic N) is 3. The van der Waals surface area contributed by atoms with E-state index in [2.05, 4.69) is 14.9 Å². The molecule has 0 radical (unpaired) electrons. The van der Waals surface area contributed by atoms with Crippen LogP contribution in [-0.4, -0.2) is 32.7 Å². The van der Waals surface area contributed by atoms with Gasteiger partial charge in [-0.2, -0.15) is 8.78 Å². The number of ether oxygens (including phenoxy) is 1. The van der Waals surface area contributed by atoms with Crippen molar-refractivity contribution < 1.29 is 18.3 Å². The SMILES string of the molecule is Cc1ccc(OC(F)F)c(C(=O)CSc2nnc3ccccn23)c1. The average Bonchev–Trinajstić information content (AvgIpc) is 2.97. The van der Waals surface area contributed by atoms with Gasteiger partial charge in [0.2, 0.25) is 0 Å². The molecule has 1 aromatic carbocycles. The average molecular weight is 349 g/mol. The molecule has 0 unspecified atom stereocenters. The Hall–Kier alpha value is -2.48. The molecule has 8 heteroatoms. The minimum atomic E-state index is -2.98. The standard InChI is InChI=1S/C16H13F2N3O2S/c1-10-5-6-13(23-15(17)18)11(8-10)12(22)9-24-16-20-19-14-4-2-3-7-21(14)16/h2-8,15H,9H2,1H3. The number of aromatic nitrogens is 3. The Bertz CT molecular complexity index is 883. The van der Waals surface area contributed by atoms with E-state index in [0.29, 0.717) is 10.8 Å². The maximum absolute atomic E-state index is 12.5. The van der Waals surface area contributed by atoms with Crippen molar-refractivity contribution in [2.45, 2.75) is 18.7 Å². The number of thioether (sulfide) groups is 1. The van der Waals surface area contributed by atoms with Crippen molar-refractivity contribution in [2.24, 2.45) is 0 Å². The van der Waals surface area contributed by atoms with Crippen LogP contribution in [0.4, 0.5) is 8.78 Å². The van der Waals surface area contributed by atoms with Crippen LogP contribution >= 0.6 is 11.8 Å². The monoisotopic (exact) mass is 349 g/mol. The number of benzene rings is 1. The van der Waals surface area contributed by atoms with E-state index in [4.69, 9.17) is 0 Å². The van der Waals surface area contributed by atoms with Crippen molar-refractivity contribution in [1.29, 1.82) is 0 Å². The molecule has 24 heavy (non-hydrogen) atoms. The lowest BCUT2D eigenvalue weighted by molar-refractivity contribution is -0.0501. The highest BCUT2D eigenvalue weighted by Crippen LogP contribution is 2.25. The van der Waals surface area contributed by atoms with Crippen LogP contribution in [0.3, 0.4) is 0 Å². The van der Waals surface area contributed by atoms with E-state index in [1.807, 2.05) is 12.1 Å². The highest BCUT2D eigenvalue weighted by atomic mass is 32.2. The molecule has 0 fully saturated rings. The Kier molecular flexibility index (Phi) is 4.75. The number of Topliss-reactive ketones (excluding diaryl/α,β-unsaturated/α-hetero) is 1.